The van der Waals surface area contributed by atoms with E-state index in [1.54, 1.807) is 0 Å². The Hall–Kier alpha value is -2.61. The Kier molecular flexibility index (Phi) is 4.72. The summed E-state index contributed by atoms with van der Waals surface area (Å²) >= 11 is 0. The van der Waals surface area contributed by atoms with E-state index < -0.39 is 0 Å². The fourth-order valence-corrected chi connectivity index (χ4v) is 1.96. The third kappa shape index (κ3) is 3.69. The van der Waals surface area contributed by atoms with Crippen molar-refractivity contribution in [1.82, 2.24) is 9.97 Å². The third-order valence-electron chi connectivity index (χ3n) is 3.08. The van der Waals surface area contributed by atoms with Gasteiger partial charge in [0.25, 0.3) is 0 Å². The Morgan fingerprint density at radius 2 is 1.90 bits per heavy atom. The van der Waals surface area contributed by atoms with Gasteiger partial charge >= 0.3 is 0 Å². The minimum Gasteiger partial charge on any atom is -0.370 e. The first kappa shape index (κ1) is 14.8. The standard InChI is InChI=1S/C16H19N5/c1-4-14-20-15(18-5-2)9-16(21-14)19-13-8-12(10-17)7-6-11(13)3/h6-9H,4-5H2,1-3H3,(H2,18,19,20,21). The molecular formula is C16H19N5. The molecule has 0 bridgehead atoms. The SMILES string of the molecule is CCNc1cc(Nc2cc(C#N)ccc2C)nc(CC)n1. The van der Waals surface area contributed by atoms with Crippen molar-refractivity contribution in [3.8, 4) is 6.07 Å². The molecule has 0 unspecified atom stereocenters. The smallest absolute Gasteiger partial charge is 0.136 e. The molecule has 0 atom stereocenters. The molecule has 2 N–H and O–H groups in total. The van der Waals surface area contributed by atoms with Crippen LogP contribution in [0.25, 0.3) is 0 Å². The van der Waals surface area contributed by atoms with Gasteiger partial charge in [-0.1, -0.05) is 13.0 Å². The van der Waals surface area contributed by atoms with Gasteiger partial charge in [0.1, 0.15) is 17.5 Å². The van der Waals surface area contributed by atoms with E-state index in [0.29, 0.717) is 5.56 Å². The lowest BCUT2D eigenvalue weighted by Gasteiger charge is -2.12. The van der Waals surface area contributed by atoms with E-state index in [2.05, 4.69) is 26.7 Å². The summed E-state index contributed by atoms with van der Waals surface area (Å²) in [5, 5.41) is 15.5. The van der Waals surface area contributed by atoms with Crippen molar-refractivity contribution in [3.63, 3.8) is 0 Å². The van der Waals surface area contributed by atoms with Crippen LogP contribution in [0.15, 0.2) is 24.3 Å². The van der Waals surface area contributed by atoms with Gasteiger partial charge in [-0.25, -0.2) is 9.97 Å². The summed E-state index contributed by atoms with van der Waals surface area (Å²) in [6, 6.07) is 9.59. The zero-order chi connectivity index (χ0) is 15.2. The highest BCUT2D eigenvalue weighted by Gasteiger charge is 2.06. The highest BCUT2D eigenvalue weighted by molar-refractivity contribution is 5.64. The van der Waals surface area contributed by atoms with E-state index in [4.69, 9.17) is 5.26 Å². The molecule has 0 aliphatic heterocycles. The van der Waals surface area contributed by atoms with Crippen LogP contribution in [0.3, 0.4) is 0 Å². The fraction of sp³-hybridized carbons (Fsp3) is 0.312. The Morgan fingerprint density at radius 1 is 1.14 bits per heavy atom. The van der Waals surface area contributed by atoms with Crippen LogP contribution in [0.5, 0.6) is 0 Å². The normalized spacial score (nSPS) is 10.0. The van der Waals surface area contributed by atoms with Gasteiger partial charge in [-0.05, 0) is 31.5 Å². The maximum absolute atomic E-state index is 9.00. The molecule has 0 aliphatic carbocycles. The first-order valence-corrected chi connectivity index (χ1v) is 7.05. The number of hydrogen-bond acceptors (Lipinski definition) is 5. The molecule has 0 radical (unpaired) electrons. The number of benzene rings is 1. The van der Waals surface area contributed by atoms with E-state index in [0.717, 1.165) is 41.7 Å². The molecule has 0 saturated heterocycles. The second-order valence-electron chi connectivity index (χ2n) is 4.71. The molecule has 108 valence electrons. The van der Waals surface area contributed by atoms with Crippen LogP contribution in [0, 0.1) is 18.3 Å². The average Bonchev–Trinajstić information content (AvgIpc) is 2.49. The topological polar surface area (TPSA) is 73.6 Å². The van der Waals surface area contributed by atoms with Crippen molar-refractivity contribution in [2.24, 2.45) is 0 Å². The molecule has 1 aromatic carbocycles. The van der Waals surface area contributed by atoms with Crippen molar-refractivity contribution in [1.29, 1.82) is 5.26 Å². The molecule has 0 amide bonds. The summed E-state index contributed by atoms with van der Waals surface area (Å²) in [7, 11) is 0. The molecule has 21 heavy (non-hydrogen) atoms. The predicted molar refractivity (Wildman–Crippen MR) is 84.8 cm³/mol. The number of aryl methyl sites for hydroxylation is 2. The van der Waals surface area contributed by atoms with E-state index in [-0.39, 0.29) is 0 Å². The summed E-state index contributed by atoms with van der Waals surface area (Å²) < 4.78 is 0. The van der Waals surface area contributed by atoms with Crippen LogP contribution in [-0.4, -0.2) is 16.5 Å². The zero-order valence-corrected chi connectivity index (χ0v) is 12.6. The maximum Gasteiger partial charge on any atom is 0.136 e. The molecule has 0 fully saturated rings. The number of nitriles is 1. The number of nitrogens with zero attached hydrogens (tertiary/aromatic N) is 3. The van der Waals surface area contributed by atoms with E-state index in [1.165, 1.54) is 0 Å². The lowest BCUT2D eigenvalue weighted by molar-refractivity contribution is 0.939. The summed E-state index contributed by atoms with van der Waals surface area (Å²) in [6.45, 7) is 6.86. The molecule has 5 nitrogen and oxygen atoms in total. The van der Waals surface area contributed by atoms with Gasteiger partial charge in [0.15, 0.2) is 0 Å². The molecule has 2 aromatic rings. The Bertz CT molecular complexity index is 673. The lowest BCUT2D eigenvalue weighted by Crippen LogP contribution is -2.06. The number of anilines is 3. The van der Waals surface area contributed by atoms with Crippen LogP contribution in [0.2, 0.25) is 0 Å². The van der Waals surface area contributed by atoms with Crippen molar-refractivity contribution >= 4 is 17.3 Å². The van der Waals surface area contributed by atoms with Crippen LogP contribution < -0.4 is 10.6 Å². The minimum atomic E-state index is 0.625. The number of hydrogen-bond donors (Lipinski definition) is 2. The average molecular weight is 281 g/mol. The quantitative estimate of drug-likeness (QED) is 0.878. The molecule has 0 spiro atoms. The summed E-state index contributed by atoms with van der Waals surface area (Å²) in [5.41, 5.74) is 2.58. The first-order chi connectivity index (χ1) is 10.2. The molecular weight excluding hydrogens is 262 g/mol. The van der Waals surface area contributed by atoms with Gasteiger partial charge in [0.2, 0.25) is 0 Å². The summed E-state index contributed by atoms with van der Waals surface area (Å²) in [6.07, 6.45) is 0.769. The second-order valence-corrected chi connectivity index (χ2v) is 4.71. The van der Waals surface area contributed by atoms with E-state index in [1.807, 2.05) is 45.0 Å². The predicted octanol–water partition coefficient (Wildman–Crippen LogP) is 3.39. The Morgan fingerprint density at radius 3 is 2.57 bits per heavy atom. The van der Waals surface area contributed by atoms with Crippen LogP contribution in [0.1, 0.15) is 30.8 Å². The van der Waals surface area contributed by atoms with Gasteiger partial charge in [0.05, 0.1) is 11.6 Å². The number of rotatable bonds is 5. The van der Waals surface area contributed by atoms with E-state index in [9.17, 15) is 0 Å². The highest BCUT2D eigenvalue weighted by atomic mass is 15.1. The fourth-order valence-electron chi connectivity index (χ4n) is 1.96. The second kappa shape index (κ2) is 6.71. The third-order valence-corrected chi connectivity index (χ3v) is 3.08. The number of aromatic nitrogens is 2. The lowest BCUT2D eigenvalue weighted by atomic mass is 10.1. The van der Waals surface area contributed by atoms with Gasteiger partial charge < -0.3 is 10.6 Å². The largest absolute Gasteiger partial charge is 0.370 e. The summed E-state index contributed by atoms with van der Waals surface area (Å²) in [4.78, 5) is 8.91. The van der Waals surface area contributed by atoms with Crippen LogP contribution in [0.4, 0.5) is 17.3 Å². The Labute approximate surface area is 125 Å². The van der Waals surface area contributed by atoms with Crippen LogP contribution in [-0.2, 0) is 6.42 Å². The van der Waals surface area contributed by atoms with Gasteiger partial charge in [-0.3, -0.25) is 0 Å². The molecule has 0 aliphatic rings. The van der Waals surface area contributed by atoms with Gasteiger partial charge in [0, 0.05) is 24.7 Å². The molecule has 1 aromatic heterocycles. The minimum absolute atomic E-state index is 0.625. The molecule has 0 saturated carbocycles. The Balaban J connectivity index is 2.34. The zero-order valence-electron chi connectivity index (χ0n) is 12.6. The highest BCUT2D eigenvalue weighted by Crippen LogP contribution is 2.22. The monoisotopic (exact) mass is 281 g/mol. The maximum atomic E-state index is 9.00. The summed E-state index contributed by atoms with van der Waals surface area (Å²) in [5.74, 6) is 2.32. The van der Waals surface area contributed by atoms with Gasteiger partial charge in [-0.15, -0.1) is 0 Å². The van der Waals surface area contributed by atoms with Crippen molar-refractivity contribution in [2.75, 3.05) is 17.2 Å². The first-order valence-electron chi connectivity index (χ1n) is 7.05. The molecule has 2 rings (SSSR count). The molecule has 5 heteroatoms. The van der Waals surface area contributed by atoms with Crippen LogP contribution >= 0.6 is 0 Å². The van der Waals surface area contributed by atoms with Crippen molar-refractivity contribution in [3.05, 3.63) is 41.2 Å². The number of nitrogens with one attached hydrogen (secondary N) is 2. The van der Waals surface area contributed by atoms with Crippen molar-refractivity contribution < 1.29 is 0 Å². The van der Waals surface area contributed by atoms with E-state index >= 15 is 0 Å². The van der Waals surface area contributed by atoms with Gasteiger partial charge in [-0.2, -0.15) is 5.26 Å². The van der Waals surface area contributed by atoms with Crippen molar-refractivity contribution in [2.45, 2.75) is 27.2 Å². The molecule has 1 heterocycles.